The average Bonchev–Trinajstić information content (AvgIpc) is 2.95. The molecular weight excluding hydrogens is 254 g/mol. The van der Waals surface area contributed by atoms with Crippen LogP contribution in [0.1, 0.15) is 45.4 Å². The summed E-state index contributed by atoms with van der Waals surface area (Å²) in [4.78, 5) is 8.50. The molecule has 2 rings (SSSR count). The molecule has 1 fully saturated rings. The molecule has 1 aromatic rings. The molecule has 1 N–H and O–H groups in total. The monoisotopic (exact) mass is 281 g/mol. The normalized spacial score (nSPS) is 19.9. The lowest BCUT2D eigenvalue weighted by Crippen LogP contribution is -2.33. The van der Waals surface area contributed by atoms with Crippen LogP contribution in [0.4, 0.5) is 5.13 Å². The van der Waals surface area contributed by atoms with Crippen molar-refractivity contribution in [1.29, 1.82) is 0 Å². The molecule has 0 amide bonds. The number of nitrogens with zero attached hydrogens (tertiary/aromatic N) is 2. The topological polar surface area (TPSA) is 28.2 Å². The second-order valence-corrected chi connectivity index (χ2v) is 7.37. The van der Waals surface area contributed by atoms with Crippen LogP contribution in [-0.2, 0) is 6.54 Å². The van der Waals surface area contributed by atoms with Gasteiger partial charge in [0.15, 0.2) is 5.13 Å². The van der Waals surface area contributed by atoms with Crippen molar-refractivity contribution in [3.63, 3.8) is 0 Å². The molecule has 1 aliphatic rings. The predicted molar refractivity (Wildman–Crippen MR) is 83.9 cm³/mol. The van der Waals surface area contributed by atoms with Crippen LogP contribution in [0.3, 0.4) is 0 Å². The minimum Gasteiger partial charge on any atom is -0.345 e. The Balaban J connectivity index is 1.93. The molecule has 1 saturated heterocycles. The Hall–Kier alpha value is -0.610. The average molecular weight is 281 g/mol. The first-order chi connectivity index (χ1) is 9.08. The molecule has 108 valence electrons. The summed E-state index contributed by atoms with van der Waals surface area (Å²) in [5.41, 5.74) is 0. The van der Waals surface area contributed by atoms with Gasteiger partial charge in [-0.1, -0.05) is 27.7 Å². The van der Waals surface area contributed by atoms with E-state index in [9.17, 15) is 0 Å². The number of aromatic nitrogens is 1. The zero-order valence-electron chi connectivity index (χ0n) is 12.6. The van der Waals surface area contributed by atoms with Gasteiger partial charge in [0.25, 0.3) is 0 Å². The van der Waals surface area contributed by atoms with E-state index in [2.05, 4.69) is 42.9 Å². The lowest BCUT2D eigenvalue weighted by molar-refractivity contribution is 0.491. The summed E-state index contributed by atoms with van der Waals surface area (Å²) < 4.78 is 0. The van der Waals surface area contributed by atoms with Crippen LogP contribution in [0.5, 0.6) is 0 Å². The van der Waals surface area contributed by atoms with Crippen LogP contribution in [0.25, 0.3) is 0 Å². The molecule has 0 aliphatic carbocycles. The Morgan fingerprint density at radius 2 is 2.21 bits per heavy atom. The Morgan fingerprint density at radius 3 is 2.89 bits per heavy atom. The van der Waals surface area contributed by atoms with Gasteiger partial charge in [-0.2, -0.15) is 0 Å². The molecule has 1 atom stereocenters. The first-order valence-electron chi connectivity index (χ1n) is 7.50. The maximum atomic E-state index is 4.63. The second-order valence-electron chi connectivity index (χ2n) is 6.28. The third-order valence-electron chi connectivity index (χ3n) is 3.71. The third kappa shape index (κ3) is 3.93. The fraction of sp³-hybridized carbons (Fsp3) is 0.800. The fourth-order valence-electron chi connectivity index (χ4n) is 2.72. The molecule has 3 nitrogen and oxygen atoms in total. The summed E-state index contributed by atoms with van der Waals surface area (Å²) in [6.45, 7) is 12.3. The highest BCUT2D eigenvalue weighted by Gasteiger charge is 2.28. The number of hydrogen-bond acceptors (Lipinski definition) is 4. The molecule has 0 bridgehead atoms. The Labute approximate surface area is 121 Å². The first kappa shape index (κ1) is 14.8. The predicted octanol–water partition coefficient (Wildman–Crippen LogP) is 3.51. The molecule has 4 heteroatoms. The number of hydrogen-bond donors (Lipinski definition) is 1. The van der Waals surface area contributed by atoms with Gasteiger partial charge in [-0.05, 0) is 31.2 Å². The van der Waals surface area contributed by atoms with Gasteiger partial charge in [-0.25, -0.2) is 4.98 Å². The summed E-state index contributed by atoms with van der Waals surface area (Å²) in [5.74, 6) is 1.42. The molecule has 0 spiro atoms. The van der Waals surface area contributed by atoms with Crippen LogP contribution in [0.2, 0.25) is 0 Å². The summed E-state index contributed by atoms with van der Waals surface area (Å²) in [5, 5.41) is 4.71. The van der Waals surface area contributed by atoms with Crippen molar-refractivity contribution in [2.24, 2.45) is 11.8 Å². The molecule has 19 heavy (non-hydrogen) atoms. The molecule has 1 aromatic heterocycles. The smallest absolute Gasteiger partial charge is 0.185 e. The van der Waals surface area contributed by atoms with E-state index in [1.54, 1.807) is 0 Å². The summed E-state index contributed by atoms with van der Waals surface area (Å²) >= 11 is 1.86. The van der Waals surface area contributed by atoms with Crippen molar-refractivity contribution in [3.05, 3.63) is 11.1 Å². The van der Waals surface area contributed by atoms with E-state index < -0.39 is 0 Å². The second kappa shape index (κ2) is 6.71. The molecular formula is C15H27N3S. The largest absolute Gasteiger partial charge is 0.345 e. The van der Waals surface area contributed by atoms with E-state index in [1.807, 2.05) is 17.5 Å². The minimum absolute atomic E-state index is 0.683. The van der Waals surface area contributed by atoms with Crippen molar-refractivity contribution in [2.45, 2.75) is 53.1 Å². The van der Waals surface area contributed by atoms with Gasteiger partial charge < -0.3 is 10.2 Å². The molecule has 1 aliphatic heterocycles. The Morgan fingerprint density at radius 1 is 1.42 bits per heavy atom. The van der Waals surface area contributed by atoms with Crippen LogP contribution in [0.15, 0.2) is 6.20 Å². The minimum atomic E-state index is 0.683. The number of anilines is 1. The van der Waals surface area contributed by atoms with E-state index >= 15 is 0 Å². The molecule has 1 unspecified atom stereocenters. The van der Waals surface area contributed by atoms with Crippen LogP contribution < -0.4 is 10.2 Å². The van der Waals surface area contributed by atoms with E-state index in [0.717, 1.165) is 13.1 Å². The zero-order valence-corrected chi connectivity index (χ0v) is 13.5. The summed E-state index contributed by atoms with van der Waals surface area (Å²) in [6, 6.07) is 0.683. The van der Waals surface area contributed by atoms with Crippen LogP contribution >= 0.6 is 11.3 Å². The lowest BCUT2D eigenvalue weighted by atomic mass is 10.0. The Bertz CT molecular complexity index is 386. The van der Waals surface area contributed by atoms with Gasteiger partial charge in [0.05, 0.1) is 0 Å². The van der Waals surface area contributed by atoms with Crippen molar-refractivity contribution in [2.75, 3.05) is 18.0 Å². The third-order valence-corrected chi connectivity index (χ3v) is 4.74. The SMILES string of the molecule is CC(C)CNCc1cnc(N2CCCC2C(C)C)s1. The van der Waals surface area contributed by atoms with Crippen molar-refractivity contribution >= 4 is 16.5 Å². The summed E-state index contributed by atoms with van der Waals surface area (Å²) in [6.07, 6.45) is 4.67. The molecule has 0 saturated carbocycles. The van der Waals surface area contributed by atoms with E-state index in [1.165, 1.54) is 29.4 Å². The van der Waals surface area contributed by atoms with Crippen LogP contribution in [-0.4, -0.2) is 24.1 Å². The number of nitrogens with one attached hydrogen (secondary N) is 1. The highest BCUT2D eigenvalue weighted by Crippen LogP contribution is 2.32. The standard InChI is InChI=1S/C15H27N3S/c1-11(2)8-16-9-13-10-17-15(19-13)18-7-5-6-14(18)12(3)4/h10-12,14,16H,5-9H2,1-4H3. The first-order valence-corrected chi connectivity index (χ1v) is 8.31. The van der Waals surface area contributed by atoms with Crippen molar-refractivity contribution in [3.8, 4) is 0 Å². The highest BCUT2D eigenvalue weighted by molar-refractivity contribution is 7.15. The van der Waals surface area contributed by atoms with Gasteiger partial charge >= 0.3 is 0 Å². The zero-order chi connectivity index (χ0) is 13.8. The summed E-state index contributed by atoms with van der Waals surface area (Å²) in [7, 11) is 0. The maximum Gasteiger partial charge on any atom is 0.185 e. The quantitative estimate of drug-likeness (QED) is 0.865. The number of thiazole rings is 1. The van der Waals surface area contributed by atoms with E-state index in [-0.39, 0.29) is 0 Å². The van der Waals surface area contributed by atoms with Gasteiger partial charge in [0, 0.05) is 30.2 Å². The maximum absolute atomic E-state index is 4.63. The van der Waals surface area contributed by atoms with Crippen molar-refractivity contribution in [1.82, 2.24) is 10.3 Å². The molecule has 2 heterocycles. The van der Waals surface area contributed by atoms with Gasteiger partial charge in [-0.15, -0.1) is 11.3 Å². The van der Waals surface area contributed by atoms with Crippen LogP contribution in [0, 0.1) is 11.8 Å². The van der Waals surface area contributed by atoms with Gasteiger partial charge in [0.1, 0.15) is 0 Å². The van der Waals surface area contributed by atoms with E-state index in [0.29, 0.717) is 17.9 Å². The molecule has 0 aromatic carbocycles. The van der Waals surface area contributed by atoms with Gasteiger partial charge in [0.2, 0.25) is 0 Å². The van der Waals surface area contributed by atoms with Gasteiger partial charge in [-0.3, -0.25) is 0 Å². The number of rotatable bonds is 6. The Kier molecular flexibility index (Phi) is 5.22. The van der Waals surface area contributed by atoms with Crippen molar-refractivity contribution < 1.29 is 0 Å². The molecule has 0 radical (unpaired) electrons. The highest BCUT2D eigenvalue weighted by atomic mass is 32.1. The lowest BCUT2D eigenvalue weighted by Gasteiger charge is -2.27. The van der Waals surface area contributed by atoms with E-state index in [4.69, 9.17) is 0 Å². The fourth-order valence-corrected chi connectivity index (χ4v) is 3.68.